The SMILES string of the molecule is Cc1ccccc1CN1CCC(CNS(=O)(=O)c2ccc3c(c2)NC(=O)CCS3)CC1. The molecular formula is C23H29N3O3S2. The van der Waals surface area contributed by atoms with Gasteiger partial charge in [-0.05, 0) is 68.1 Å². The lowest BCUT2D eigenvalue weighted by Crippen LogP contribution is -2.38. The summed E-state index contributed by atoms with van der Waals surface area (Å²) in [6.45, 7) is 5.48. The number of hydrogen-bond acceptors (Lipinski definition) is 5. The van der Waals surface area contributed by atoms with Gasteiger partial charge in [0.1, 0.15) is 0 Å². The Morgan fingerprint density at radius 3 is 2.71 bits per heavy atom. The normalized spacial score (nSPS) is 18.3. The van der Waals surface area contributed by atoms with Crippen molar-refractivity contribution in [3.05, 3.63) is 53.6 Å². The first-order valence-electron chi connectivity index (χ1n) is 10.7. The minimum atomic E-state index is -3.61. The van der Waals surface area contributed by atoms with Crippen LogP contribution in [0.15, 0.2) is 52.3 Å². The summed E-state index contributed by atoms with van der Waals surface area (Å²) in [4.78, 5) is 15.4. The molecule has 0 aromatic heterocycles. The Labute approximate surface area is 188 Å². The molecule has 166 valence electrons. The highest BCUT2D eigenvalue weighted by Gasteiger charge is 2.23. The average Bonchev–Trinajstić information content (AvgIpc) is 2.95. The van der Waals surface area contributed by atoms with Crippen LogP contribution in [0.25, 0.3) is 0 Å². The van der Waals surface area contributed by atoms with Crippen molar-refractivity contribution in [3.63, 3.8) is 0 Å². The van der Waals surface area contributed by atoms with E-state index in [9.17, 15) is 13.2 Å². The number of sulfonamides is 1. The Morgan fingerprint density at radius 2 is 1.94 bits per heavy atom. The van der Waals surface area contributed by atoms with Crippen LogP contribution in [0.5, 0.6) is 0 Å². The van der Waals surface area contributed by atoms with E-state index in [1.165, 1.54) is 11.1 Å². The highest BCUT2D eigenvalue weighted by Crippen LogP contribution is 2.32. The number of hydrogen-bond donors (Lipinski definition) is 2. The van der Waals surface area contributed by atoms with Gasteiger partial charge in [0, 0.05) is 30.2 Å². The molecule has 0 radical (unpaired) electrons. The second kappa shape index (κ2) is 9.73. The van der Waals surface area contributed by atoms with E-state index >= 15 is 0 Å². The Hall–Kier alpha value is -1.87. The topological polar surface area (TPSA) is 78.5 Å². The molecule has 0 atom stereocenters. The van der Waals surface area contributed by atoms with Gasteiger partial charge in [-0.2, -0.15) is 0 Å². The highest BCUT2D eigenvalue weighted by molar-refractivity contribution is 7.99. The lowest BCUT2D eigenvalue weighted by atomic mass is 9.96. The number of rotatable bonds is 6. The molecule has 8 heteroatoms. The summed E-state index contributed by atoms with van der Waals surface area (Å²) >= 11 is 1.57. The number of benzene rings is 2. The van der Waals surface area contributed by atoms with Gasteiger partial charge in [0.2, 0.25) is 15.9 Å². The number of fused-ring (bicyclic) bond motifs is 1. The molecule has 1 fully saturated rings. The molecule has 2 N–H and O–H groups in total. The van der Waals surface area contributed by atoms with Crippen molar-refractivity contribution < 1.29 is 13.2 Å². The van der Waals surface area contributed by atoms with Crippen LogP contribution in [0.3, 0.4) is 0 Å². The minimum Gasteiger partial charge on any atom is -0.325 e. The number of nitrogens with zero attached hydrogens (tertiary/aromatic N) is 1. The van der Waals surface area contributed by atoms with Gasteiger partial charge >= 0.3 is 0 Å². The minimum absolute atomic E-state index is 0.0776. The summed E-state index contributed by atoms with van der Waals surface area (Å²) in [6, 6.07) is 13.4. The fraction of sp³-hybridized carbons (Fsp3) is 0.435. The zero-order chi connectivity index (χ0) is 21.8. The summed E-state index contributed by atoms with van der Waals surface area (Å²) in [5, 5.41) is 2.81. The fourth-order valence-corrected chi connectivity index (χ4v) is 6.13. The van der Waals surface area contributed by atoms with Crippen LogP contribution < -0.4 is 10.0 Å². The van der Waals surface area contributed by atoms with Crippen LogP contribution >= 0.6 is 11.8 Å². The number of piperidine rings is 1. The fourth-order valence-electron chi connectivity index (χ4n) is 4.05. The summed E-state index contributed by atoms with van der Waals surface area (Å²) in [6.07, 6.45) is 2.39. The van der Waals surface area contributed by atoms with Crippen LogP contribution in [0, 0.1) is 12.8 Å². The third-order valence-electron chi connectivity index (χ3n) is 6.05. The number of carbonyl (C=O) groups excluding carboxylic acids is 1. The predicted octanol–water partition coefficient (Wildman–Crippen LogP) is 3.62. The maximum Gasteiger partial charge on any atom is 0.240 e. The van der Waals surface area contributed by atoms with Crippen molar-refractivity contribution >= 4 is 33.4 Å². The zero-order valence-electron chi connectivity index (χ0n) is 17.8. The molecule has 0 aliphatic carbocycles. The van der Waals surface area contributed by atoms with Crippen molar-refractivity contribution in [3.8, 4) is 0 Å². The molecule has 0 spiro atoms. The van der Waals surface area contributed by atoms with Gasteiger partial charge in [-0.15, -0.1) is 11.8 Å². The molecule has 0 bridgehead atoms. The first kappa shape index (κ1) is 22.3. The van der Waals surface area contributed by atoms with Crippen LogP contribution in [0.4, 0.5) is 5.69 Å². The summed E-state index contributed by atoms with van der Waals surface area (Å²) in [5.74, 6) is 0.955. The van der Waals surface area contributed by atoms with Gasteiger partial charge in [0.15, 0.2) is 0 Å². The van der Waals surface area contributed by atoms with Gasteiger partial charge in [0.05, 0.1) is 10.6 Å². The number of nitrogens with one attached hydrogen (secondary N) is 2. The van der Waals surface area contributed by atoms with Crippen LogP contribution in [0.1, 0.15) is 30.4 Å². The number of anilines is 1. The van der Waals surface area contributed by atoms with E-state index < -0.39 is 10.0 Å². The molecule has 4 rings (SSSR count). The second-order valence-corrected chi connectivity index (χ2v) is 11.2. The molecule has 0 unspecified atom stereocenters. The number of carbonyl (C=O) groups is 1. The van der Waals surface area contributed by atoms with Crippen molar-refractivity contribution in [1.29, 1.82) is 0 Å². The van der Waals surface area contributed by atoms with E-state index in [2.05, 4.69) is 46.1 Å². The highest BCUT2D eigenvalue weighted by atomic mass is 32.2. The summed E-state index contributed by atoms with van der Waals surface area (Å²) < 4.78 is 28.4. The predicted molar refractivity (Wildman–Crippen MR) is 125 cm³/mol. The molecule has 1 saturated heterocycles. The van der Waals surface area contributed by atoms with Crippen molar-refractivity contribution in [2.75, 3.05) is 30.7 Å². The van der Waals surface area contributed by atoms with Crippen molar-refractivity contribution in [2.45, 2.75) is 42.5 Å². The summed E-state index contributed by atoms with van der Waals surface area (Å²) in [7, 11) is -3.61. The lowest BCUT2D eigenvalue weighted by Gasteiger charge is -2.32. The van der Waals surface area contributed by atoms with Gasteiger partial charge < -0.3 is 5.32 Å². The number of amides is 1. The largest absolute Gasteiger partial charge is 0.325 e. The zero-order valence-corrected chi connectivity index (χ0v) is 19.4. The van der Waals surface area contributed by atoms with Crippen molar-refractivity contribution in [2.24, 2.45) is 5.92 Å². The maximum absolute atomic E-state index is 12.8. The Balaban J connectivity index is 1.31. The first-order chi connectivity index (χ1) is 14.9. The number of likely N-dealkylation sites (tertiary alicyclic amines) is 1. The van der Waals surface area contributed by atoms with E-state index in [0.717, 1.165) is 37.4 Å². The van der Waals surface area contributed by atoms with Gasteiger partial charge in [-0.25, -0.2) is 13.1 Å². The van der Waals surface area contributed by atoms with Gasteiger partial charge in [-0.1, -0.05) is 24.3 Å². The van der Waals surface area contributed by atoms with Crippen molar-refractivity contribution in [1.82, 2.24) is 9.62 Å². The standard InChI is InChI=1S/C23H29N3O3S2/c1-17-4-2-3-5-19(17)16-26-11-8-18(9-12-26)15-24-31(28,29)20-6-7-22-21(14-20)25-23(27)10-13-30-22/h2-7,14,18,24H,8-13,15-16H2,1H3,(H,25,27). The molecule has 2 aromatic carbocycles. The number of aryl methyl sites for hydroxylation is 1. The van der Waals surface area contributed by atoms with Crippen LogP contribution in [-0.2, 0) is 21.4 Å². The summed E-state index contributed by atoms with van der Waals surface area (Å²) in [5.41, 5.74) is 3.25. The van der Waals surface area contributed by atoms with E-state index in [1.54, 1.807) is 30.0 Å². The molecule has 2 aliphatic rings. The molecule has 6 nitrogen and oxygen atoms in total. The second-order valence-electron chi connectivity index (χ2n) is 8.30. The Bertz CT molecular complexity index is 1050. The quantitative estimate of drug-likeness (QED) is 0.690. The van der Waals surface area contributed by atoms with Gasteiger partial charge in [0.25, 0.3) is 0 Å². The molecule has 2 aliphatic heterocycles. The molecular weight excluding hydrogens is 430 g/mol. The third-order valence-corrected chi connectivity index (χ3v) is 8.54. The Morgan fingerprint density at radius 1 is 1.16 bits per heavy atom. The smallest absolute Gasteiger partial charge is 0.240 e. The first-order valence-corrected chi connectivity index (χ1v) is 13.2. The third kappa shape index (κ3) is 5.68. The molecule has 2 heterocycles. The van der Waals surface area contributed by atoms with E-state index in [4.69, 9.17) is 0 Å². The van der Waals surface area contributed by atoms with E-state index in [-0.39, 0.29) is 10.8 Å². The molecule has 0 saturated carbocycles. The van der Waals surface area contributed by atoms with E-state index in [1.807, 2.05) is 0 Å². The molecule has 2 aromatic rings. The van der Waals surface area contributed by atoms with Crippen LogP contribution in [0.2, 0.25) is 0 Å². The molecule has 1 amide bonds. The average molecular weight is 460 g/mol. The molecule has 31 heavy (non-hydrogen) atoms. The monoisotopic (exact) mass is 459 g/mol. The Kier molecular flexibility index (Phi) is 7.01. The maximum atomic E-state index is 12.8. The van der Waals surface area contributed by atoms with Crippen LogP contribution in [-0.4, -0.2) is 44.6 Å². The van der Waals surface area contributed by atoms with E-state index in [0.29, 0.717) is 30.3 Å². The lowest BCUT2D eigenvalue weighted by molar-refractivity contribution is -0.115. The van der Waals surface area contributed by atoms with Gasteiger partial charge in [-0.3, -0.25) is 9.69 Å². The number of thioether (sulfide) groups is 1.